The van der Waals surface area contributed by atoms with Crippen molar-refractivity contribution in [2.45, 2.75) is 19.4 Å². The molecule has 0 fully saturated rings. The lowest BCUT2D eigenvalue weighted by molar-refractivity contribution is 0.460. The summed E-state index contributed by atoms with van der Waals surface area (Å²) in [6, 6.07) is 0. The van der Waals surface area contributed by atoms with Crippen molar-refractivity contribution in [1.29, 1.82) is 0 Å². The van der Waals surface area contributed by atoms with E-state index in [-0.39, 0.29) is 6.67 Å². The molecule has 0 aliphatic rings. The molecule has 0 atom stereocenters. The topological polar surface area (TPSA) is 29.9 Å². The zero-order chi connectivity index (χ0) is 9.36. The molecule has 3 nitrogen and oxygen atoms in total. The standard InChI is InChI=1S/C9H16FN3/c10-3-5-11-4-1-2-7-13-8-6-12-9-13/h6,8-9,11H,1-5,7H2. The number of hydrogen-bond acceptors (Lipinski definition) is 2. The summed E-state index contributed by atoms with van der Waals surface area (Å²) in [5.74, 6) is 0. The highest BCUT2D eigenvalue weighted by Crippen LogP contribution is 1.93. The number of hydrogen-bond donors (Lipinski definition) is 1. The fourth-order valence-electron chi connectivity index (χ4n) is 1.16. The number of alkyl halides is 1. The molecule has 1 aromatic heterocycles. The van der Waals surface area contributed by atoms with Gasteiger partial charge in [0.1, 0.15) is 6.67 Å². The van der Waals surface area contributed by atoms with E-state index in [1.807, 2.05) is 12.5 Å². The average molecular weight is 185 g/mol. The van der Waals surface area contributed by atoms with E-state index in [0.29, 0.717) is 6.54 Å². The molecule has 0 saturated carbocycles. The third-order valence-corrected chi connectivity index (χ3v) is 1.85. The maximum absolute atomic E-state index is 11.7. The number of nitrogens with zero attached hydrogens (tertiary/aromatic N) is 2. The highest BCUT2D eigenvalue weighted by Gasteiger charge is 1.90. The van der Waals surface area contributed by atoms with Crippen molar-refractivity contribution in [3.05, 3.63) is 18.7 Å². The Kier molecular flexibility index (Phi) is 5.17. The van der Waals surface area contributed by atoms with Gasteiger partial charge in [0.15, 0.2) is 0 Å². The summed E-state index contributed by atoms with van der Waals surface area (Å²) < 4.78 is 13.7. The third-order valence-electron chi connectivity index (χ3n) is 1.85. The summed E-state index contributed by atoms with van der Waals surface area (Å²) in [4.78, 5) is 3.95. The molecule has 1 rings (SSSR count). The molecule has 0 aromatic carbocycles. The molecule has 13 heavy (non-hydrogen) atoms. The molecule has 0 bridgehead atoms. The minimum atomic E-state index is -0.276. The van der Waals surface area contributed by atoms with Crippen LogP contribution in [0.15, 0.2) is 18.7 Å². The van der Waals surface area contributed by atoms with Crippen LogP contribution in [-0.2, 0) is 6.54 Å². The van der Waals surface area contributed by atoms with Crippen LogP contribution in [0.4, 0.5) is 4.39 Å². The van der Waals surface area contributed by atoms with Crippen LogP contribution in [0.5, 0.6) is 0 Å². The third kappa shape index (κ3) is 4.62. The minimum absolute atomic E-state index is 0.276. The lowest BCUT2D eigenvalue weighted by Gasteiger charge is -2.02. The quantitative estimate of drug-likeness (QED) is 0.647. The largest absolute Gasteiger partial charge is 0.337 e. The summed E-state index contributed by atoms with van der Waals surface area (Å²) in [7, 11) is 0. The zero-order valence-corrected chi connectivity index (χ0v) is 7.75. The van der Waals surface area contributed by atoms with Gasteiger partial charge in [-0.1, -0.05) is 0 Å². The predicted molar refractivity (Wildman–Crippen MR) is 50.3 cm³/mol. The van der Waals surface area contributed by atoms with Crippen molar-refractivity contribution >= 4 is 0 Å². The number of halogens is 1. The van der Waals surface area contributed by atoms with Crippen LogP contribution in [0.3, 0.4) is 0 Å². The van der Waals surface area contributed by atoms with Crippen molar-refractivity contribution in [3.63, 3.8) is 0 Å². The molecule has 0 spiro atoms. The van der Waals surface area contributed by atoms with Gasteiger partial charge < -0.3 is 9.88 Å². The second-order valence-corrected chi connectivity index (χ2v) is 2.95. The van der Waals surface area contributed by atoms with Crippen molar-refractivity contribution in [1.82, 2.24) is 14.9 Å². The fourth-order valence-corrected chi connectivity index (χ4v) is 1.16. The van der Waals surface area contributed by atoms with Crippen LogP contribution in [0.25, 0.3) is 0 Å². The van der Waals surface area contributed by atoms with Crippen LogP contribution < -0.4 is 5.32 Å². The van der Waals surface area contributed by atoms with Gasteiger partial charge in [-0.25, -0.2) is 9.37 Å². The molecule has 4 heteroatoms. The van der Waals surface area contributed by atoms with Crippen LogP contribution in [0.2, 0.25) is 0 Å². The average Bonchev–Trinajstić information content (AvgIpc) is 2.63. The Bertz CT molecular complexity index is 199. The lowest BCUT2D eigenvalue weighted by atomic mass is 10.3. The van der Waals surface area contributed by atoms with Gasteiger partial charge in [0.2, 0.25) is 0 Å². The number of imidazole rings is 1. The van der Waals surface area contributed by atoms with E-state index in [1.54, 1.807) is 6.20 Å². The second-order valence-electron chi connectivity index (χ2n) is 2.95. The summed E-state index contributed by atoms with van der Waals surface area (Å²) in [6.07, 6.45) is 7.74. The molecule has 0 radical (unpaired) electrons. The van der Waals surface area contributed by atoms with Gasteiger partial charge in [0, 0.05) is 25.5 Å². The Hall–Kier alpha value is -0.900. The van der Waals surface area contributed by atoms with E-state index in [4.69, 9.17) is 0 Å². The van der Waals surface area contributed by atoms with Crippen LogP contribution >= 0.6 is 0 Å². The highest BCUT2D eigenvalue weighted by molar-refractivity contribution is 4.73. The summed E-state index contributed by atoms with van der Waals surface area (Å²) in [5.41, 5.74) is 0. The Morgan fingerprint density at radius 2 is 2.23 bits per heavy atom. The van der Waals surface area contributed by atoms with Crippen LogP contribution in [0.1, 0.15) is 12.8 Å². The maximum Gasteiger partial charge on any atom is 0.102 e. The van der Waals surface area contributed by atoms with E-state index in [0.717, 1.165) is 25.9 Å². The molecule has 74 valence electrons. The number of nitrogens with one attached hydrogen (secondary N) is 1. The second kappa shape index (κ2) is 6.60. The lowest BCUT2D eigenvalue weighted by Crippen LogP contribution is -2.18. The van der Waals surface area contributed by atoms with Gasteiger partial charge in [0.25, 0.3) is 0 Å². The maximum atomic E-state index is 11.7. The molecule has 1 N–H and O–H groups in total. The van der Waals surface area contributed by atoms with Crippen molar-refractivity contribution in [2.75, 3.05) is 19.8 Å². The molecule has 0 amide bonds. The van der Waals surface area contributed by atoms with Gasteiger partial charge in [-0.2, -0.15) is 0 Å². The zero-order valence-electron chi connectivity index (χ0n) is 7.75. The molecule has 1 heterocycles. The van der Waals surface area contributed by atoms with E-state index in [1.165, 1.54) is 0 Å². The van der Waals surface area contributed by atoms with Crippen molar-refractivity contribution in [2.24, 2.45) is 0 Å². The van der Waals surface area contributed by atoms with Gasteiger partial charge in [-0.3, -0.25) is 0 Å². The Morgan fingerprint density at radius 1 is 1.31 bits per heavy atom. The van der Waals surface area contributed by atoms with Gasteiger partial charge in [-0.15, -0.1) is 0 Å². The Labute approximate surface area is 78.0 Å². The number of unbranched alkanes of at least 4 members (excludes halogenated alkanes) is 1. The molecular formula is C9H16FN3. The molecule has 0 saturated heterocycles. The van der Waals surface area contributed by atoms with Crippen LogP contribution in [-0.4, -0.2) is 29.3 Å². The van der Waals surface area contributed by atoms with E-state index in [9.17, 15) is 4.39 Å². The molecule has 0 aliphatic heterocycles. The summed E-state index contributed by atoms with van der Waals surface area (Å²) >= 11 is 0. The Balaban J connectivity index is 1.90. The first-order valence-corrected chi connectivity index (χ1v) is 4.66. The highest BCUT2D eigenvalue weighted by atomic mass is 19.1. The SMILES string of the molecule is FCCNCCCCn1ccnc1. The molecule has 0 aliphatic carbocycles. The minimum Gasteiger partial charge on any atom is -0.337 e. The summed E-state index contributed by atoms with van der Waals surface area (Å²) in [5, 5.41) is 3.02. The first-order chi connectivity index (χ1) is 6.43. The van der Waals surface area contributed by atoms with E-state index in [2.05, 4.69) is 14.9 Å². The number of aryl methyl sites for hydroxylation is 1. The van der Waals surface area contributed by atoms with Crippen LogP contribution in [0, 0.1) is 0 Å². The Morgan fingerprint density at radius 3 is 2.92 bits per heavy atom. The van der Waals surface area contributed by atoms with Crippen molar-refractivity contribution in [3.8, 4) is 0 Å². The number of aromatic nitrogens is 2. The van der Waals surface area contributed by atoms with E-state index < -0.39 is 0 Å². The molecular weight excluding hydrogens is 169 g/mol. The first-order valence-electron chi connectivity index (χ1n) is 4.66. The summed E-state index contributed by atoms with van der Waals surface area (Å²) in [6.45, 7) is 2.10. The monoisotopic (exact) mass is 185 g/mol. The number of rotatable bonds is 7. The predicted octanol–water partition coefficient (Wildman–Crippen LogP) is 1.22. The van der Waals surface area contributed by atoms with Crippen molar-refractivity contribution < 1.29 is 4.39 Å². The first kappa shape index (κ1) is 10.2. The van der Waals surface area contributed by atoms with Gasteiger partial charge in [0.05, 0.1) is 6.33 Å². The smallest absolute Gasteiger partial charge is 0.102 e. The normalized spacial score (nSPS) is 10.5. The fraction of sp³-hybridized carbons (Fsp3) is 0.667. The van der Waals surface area contributed by atoms with Gasteiger partial charge >= 0.3 is 0 Å². The van der Waals surface area contributed by atoms with E-state index >= 15 is 0 Å². The van der Waals surface area contributed by atoms with Gasteiger partial charge in [-0.05, 0) is 19.4 Å². The molecule has 1 aromatic rings. The molecule has 0 unspecified atom stereocenters.